The van der Waals surface area contributed by atoms with E-state index in [1.165, 1.54) is 0 Å². The van der Waals surface area contributed by atoms with Crippen LogP contribution in [-0.2, 0) is 0 Å². The van der Waals surface area contributed by atoms with Crippen LogP contribution in [0, 0.1) is 6.92 Å². The molecule has 6 heteroatoms. The molecular weight excluding hydrogens is 344 g/mol. The smallest absolute Gasteiger partial charge is 0.274 e. The number of aromatic nitrogens is 2. The van der Waals surface area contributed by atoms with Gasteiger partial charge in [0.15, 0.2) is 5.69 Å². The molecule has 116 valence electrons. The van der Waals surface area contributed by atoms with Crippen molar-refractivity contribution in [1.82, 2.24) is 20.0 Å². The molecule has 1 saturated heterocycles. The lowest BCUT2D eigenvalue weighted by Crippen LogP contribution is -2.38. The number of carbonyl (C=O) groups excluding carboxylic acids is 1. The Morgan fingerprint density at radius 2 is 2.14 bits per heavy atom. The van der Waals surface area contributed by atoms with Crippen LogP contribution in [0.25, 0.3) is 5.69 Å². The average Bonchev–Trinajstić information content (AvgIpc) is 3.16. The van der Waals surface area contributed by atoms with Gasteiger partial charge < -0.3 is 10.2 Å². The monoisotopic (exact) mass is 362 g/mol. The Labute approximate surface area is 138 Å². The fourth-order valence-electron chi connectivity index (χ4n) is 2.74. The Bertz CT molecular complexity index is 674. The summed E-state index contributed by atoms with van der Waals surface area (Å²) in [6.07, 6.45) is 0.995. The molecule has 1 amide bonds. The van der Waals surface area contributed by atoms with Crippen LogP contribution in [0.4, 0.5) is 0 Å². The molecule has 22 heavy (non-hydrogen) atoms. The summed E-state index contributed by atoms with van der Waals surface area (Å²) in [7, 11) is 1.86. The summed E-state index contributed by atoms with van der Waals surface area (Å²) in [6, 6.07) is 9.99. The highest BCUT2D eigenvalue weighted by atomic mass is 79.9. The maximum atomic E-state index is 12.6. The third kappa shape index (κ3) is 2.94. The number of amides is 1. The largest absolute Gasteiger partial charge is 0.336 e. The summed E-state index contributed by atoms with van der Waals surface area (Å²) >= 11 is 3.43. The van der Waals surface area contributed by atoms with Gasteiger partial charge in [0.05, 0.1) is 5.69 Å². The number of rotatable bonds is 3. The molecule has 1 aliphatic rings. The topological polar surface area (TPSA) is 50.2 Å². The van der Waals surface area contributed by atoms with Crippen molar-refractivity contribution in [3.05, 3.63) is 46.2 Å². The molecule has 0 radical (unpaired) electrons. The van der Waals surface area contributed by atoms with Gasteiger partial charge in [-0.25, -0.2) is 4.68 Å². The Morgan fingerprint density at radius 3 is 2.77 bits per heavy atom. The van der Waals surface area contributed by atoms with Crippen molar-refractivity contribution in [1.29, 1.82) is 0 Å². The molecule has 0 unspecified atom stereocenters. The van der Waals surface area contributed by atoms with Gasteiger partial charge in [0.2, 0.25) is 0 Å². The van der Waals surface area contributed by atoms with Gasteiger partial charge in [-0.15, -0.1) is 0 Å². The predicted molar refractivity (Wildman–Crippen MR) is 89.4 cm³/mol. The molecule has 5 nitrogen and oxygen atoms in total. The highest BCUT2D eigenvalue weighted by Gasteiger charge is 2.26. The van der Waals surface area contributed by atoms with Crippen LogP contribution in [0.5, 0.6) is 0 Å². The van der Waals surface area contributed by atoms with Crippen molar-refractivity contribution in [2.24, 2.45) is 0 Å². The second-order valence-electron chi connectivity index (χ2n) is 5.62. The van der Waals surface area contributed by atoms with Crippen molar-refractivity contribution in [3.63, 3.8) is 0 Å². The molecule has 3 rings (SSSR count). The second-order valence-corrected chi connectivity index (χ2v) is 6.54. The lowest BCUT2D eigenvalue weighted by atomic mass is 10.2. The van der Waals surface area contributed by atoms with Gasteiger partial charge in [-0.3, -0.25) is 4.79 Å². The fraction of sp³-hybridized carbons (Fsp3) is 0.375. The van der Waals surface area contributed by atoms with Crippen LogP contribution >= 0.6 is 15.9 Å². The average molecular weight is 363 g/mol. The molecule has 0 bridgehead atoms. The summed E-state index contributed by atoms with van der Waals surface area (Å²) in [5.41, 5.74) is 2.39. The summed E-state index contributed by atoms with van der Waals surface area (Å²) in [5, 5.41) is 7.78. The van der Waals surface area contributed by atoms with E-state index in [2.05, 4.69) is 26.3 Å². The summed E-state index contributed by atoms with van der Waals surface area (Å²) in [5.74, 6) is -0.0207. The normalized spacial score (nSPS) is 17.7. The first-order valence-corrected chi connectivity index (χ1v) is 8.16. The van der Waals surface area contributed by atoms with Crippen molar-refractivity contribution in [2.45, 2.75) is 19.4 Å². The Morgan fingerprint density at radius 1 is 1.41 bits per heavy atom. The molecule has 2 aromatic rings. The number of hydrogen-bond donors (Lipinski definition) is 1. The zero-order valence-corrected chi connectivity index (χ0v) is 14.3. The minimum atomic E-state index is -0.0207. The Kier molecular flexibility index (Phi) is 4.31. The third-order valence-electron chi connectivity index (χ3n) is 4.08. The van der Waals surface area contributed by atoms with Gasteiger partial charge in [-0.1, -0.05) is 15.9 Å². The Hall–Kier alpha value is -1.66. The van der Waals surface area contributed by atoms with Gasteiger partial charge >= 0.3 is 0 Å². The van der Waals surface area contributed by atoms with Crippen LogP contribution in [0.15, 0.2) is 34.8 Å². The number of hydrogen-bond acceptors (Lipinski definition) is 3. The first-order valence-electron chi connectivity index (χ1n) is 7.37. The minimum absolute atomic E-state index is 0.0207. The molecule has 2 heterocycles. The van der Waals surface area contributed by atoms with Crippen LogP contribution in [-0.4, -0.2) is 46.8 Å². The number of benzene rings is 1. The van der Waals surface area contributed by atoms with E-state index in [9.17, 15) is 4.79 Å². The van der Waals surface area contributed by atoms with Crippen molar-refractivity contribution >= 4 is 21.8 Å². The van der Waals surface area contributed by atoms with E-state index in [4.69, 9.17) is 0 Å². The van der Waals surface area contributed by atoms with Gasteiger partial charge in [0.1, 0.15) is 0 Å². The summed E-state index contributed by atoms with van der Waals surface area (Å²) < 4.78 is 2.83. The number of halogens is 1. The molecule has 0 aliphatic carbocycles. The number of carbonyl (C=O) groups is 1. The van der Waals surface area contributed by atoms with Crippen LogP contribution < -0.4 is 5.32 Å². The molecule has 0 saturated carbocycles. The highest BCUT2D eigenvalue weighted by molar-refractivity contribution is 9.10. The van der Waals surface area contributed by atoms with E-state index >= 15 is 0 Å². The molecule has 1 N–H and O–H groups in total. The van der Waals surface area contributed by atoms with Gasteiger partial charge in [-0.2, -0.15) is 5.10 Å². The lowest BCUT2D eigenvalue weighted by molar-refractivity contribution is 0.0737. The molecule has 1 aliphatic heterocycles. The van der Waals surface area contributed by atoms with E-state index in [0.717, 1.165) is 35.4 Å². The summed E-state index contributed by atoms with van der Waals surface area (Å²) in [4.78, 5) is 14.4. The number of likely N-dealkylation sites (N-methyl/N-ethyl adjacent to an activating group) is 1. The maximum Gasteiger partial charge on any atom is 0.274 e. The Balaban J connectivity index is 1.85. The molecule has 1 fully saturated rings. The molecule has 1 aromatic heterocycles. The maximum absolute atomic E-state index is 12.6. The molecule has 1 aromatic carbocycles. The van der Waals surface area contributed by atoms with Crippen LogP contribution in [0.1, 0.15) is 22.6 Å². The van der Waals surface area contributed by atoms with E-state index in [-0.39, 0.29) is 11.9 Å². The quantitative estimate of drug-likeness (QED) is 0.911. The molecular formula is C16H19BrN4O. The first kappa shape index (κ1) is 15.2. The van der Waals surface area contributed by atoms with Gasteiger partial charge in [-0.05, 0) is 50.2 Å². The SMILES string of the molecule is Cc1cc(C(=O)N(C)[C@H]2CCNC2)nn1-c1ccc(Br)cc1. The van der Waals surface area contributed by atoms with Gasteiger partial charge in [0, 0.05) is 29.8 Å². The van der Waals surface area contributed by atoms with Gasteiger partial charge in [0.25, 0.3) is 5.91 Å². The fourth-order valence-corrected chi connectivity index (χ4v) is 3.00. The molecule has 1 atom stereocenters. The number of nitrogens with zero attached hydrogens (tertiary/aromatic N) is 3. The van der Waals surface area contributed by atoms with E-state index in [1.54, 1.807) is 9.58 Å². The van der Waals surface area contributed by atoms with E-state index in [0.29, 0.717) is 5.69 Å². The number of aryl methyl sites for hydroxylation is 1. The van der Waals surface area contributed by atoms with Crippen LogP contribution in [0.3, 0.4) is 0 Å². The van der Waals surface area contributed by atoms with E-state index < -0.39 is 0 Å². The minimum Gasteiger partial charge on any atom is -0.336 e. The van der Waals surface area contributed by atoms with Crippen molar-refractivity contribution < 1.29 is 4.79 Å². The third-order valence-corrected chi connectivity index (χ3v) is 4.61. The first-order chi connectivity index (χ1) is 10.6. The lowest BCUT2D eigenvalue weighted by Gasteiger charge is -2.22. The predicted octanol–water partition coefficient (Wildman–Crippen LogP) is 2.38. The zero-order chi connectivity index (χ0) is 15.7. The number of nitrogens with one attached hydrogen (secondary N) is 1. The summed E-state index contributed by atoms with van der Waals surface area (Å²) in [6.45, 7) is 3.78. The van der Waals surface area contributed by atoms with Crippen molar-refractivity contribution in [2.75, 3.05) is 20.1 Å². The highest BCUT2D eigenvalue weighted by Crippen LogP contribution is 2.17. The zero-order valence-electron chi connectivity index (χ0n) is 12.7. The molecule has 0 spiro atoms. The van der Waals surface area contributed by atoms with Crippen LogP contribution in [0.2, 0.25) is 0 Å². The standard InChI is InChI=1S/C16H19BrN4O/c1-11-9-15(16(22)20(2)14-7-8-18-10-14)19-21(11)13-5-3-12(17)4-6-13/h3-6,9,14,18H,7-8,10H2,1-2H3/t14-/m0/s1. The van der Waals surface area contributed by atoms with E-state index in [1.807, 2.05) is 44.3 Å². The van der Waals surface area contributed by atoms with Crippen molar-refractivity contribution in [3.8, 4) is 5.69 Å². The second kappa shape index (κ2) is 6.22.